The van der Waals surface area contributed by atoms with Crippen molar-refractivity contribution in [3.8, 4) is 5.75 Å². The van der Waals surface area contributed by atoms with Crippen LogP contribution in [-0.4, -0.2) is 34.2 Å². The first kappa shape index (κ1) is 15.0. The Labute approximate surface area is 122 Å². The van der Waals surface area contributed by atoms with Crippen LogP contribution in [0.1, 0.15) is 36.2 Å². The molecule has 21 heavy (non-hydrogen) atoms. The number of H-pyrrole nitrogens is 1. The molecule has 0 unspecified atom stereocenters. The van der Waals surface area contributed by atoms with Crippen molar-refractivity contribution >= 4 is 11.6 Å². The lowest BCUT2D eigenvalue weighted by Gasteiger charge is -2.07. The molecule has 2 rings (SSSR count). The Balaban J connectivity index is 2.04. The van der Waals surface area contributed by atoms with E-state index in [4.69, 9.17) is 10.5 Å². The molecule has 0 spiro atoms. The molecule has 0 bridgehead atoms. The number of carbonyl (C=O) groups is 1. The summed E-state index contributed by atoms with van der Waals surface area (Å²) >= 11 is 0. The first-order chi connectivity index (χ1) is 10.1. The SMILES string of the molecule is CC(C)c1nc(C(=O)Nc2cccc(OCCN)c2)n[nH]1. The highest BCUT2D eigenvalue weighted by Crippen LogP contribution is 2.18. The Morgan fingerprint density at radius 2 is 2.29 bits per heavy atom. The second-order valence-electron chi connectivity index (χ2n) is 4.82. The van der Waals surface area contributed by atoms with Gasteiger partial charge >= 0.3 is 0 Å². The third kappa shape index (κ3) is 4.03. The zero-order chi connectivity index (χ0) is 15.2. The summed E-state index contributed by atoms with van der Waals surface area (Å²) in [6.07, 6.45) is 0. The number of hydrogen-bond donors (Lipinski definition) is 3. The van der Waals surface area contributed by atoms with Crippen LogP contribution in [0.2, 0.25) is 0 Å². The van der Waals surface area contributed by atoms with E-state index in [9.17, 15) is 4.79 Å². The topological polar surface area (TPSA) is 106 Å². The highest BCUT2D eigenvalue weighted by Gasteiger charge is 2.14. The van der Waals surface area contributed by atoms with E-state index in [0.717, 1.165) is 0 Å². The van der Waals surface area contributed by atoms with Crippen LogP contribution in [-0.2, 0) is 0 Å². The fraction of sp³-hybridized carbons (Fsp3) is 0.357. The van der Waals surface area contributed by atoms with Gasteiger partial charge in [-0.25, -0.2) is 4.98 Å². The van der Waals surface area contributed by atoms with Gasteiger partial charge in [0.25, 0.3) is 5.91 Å². The Morgan fingerprint density at radius 1 is 1.48 bits per heavy atom. The fourth-order valence-electron chi connectivity index (χ4n) is 1.66. The Bertz CT molecular complexity index is 609. The molecule has 0 aliphatic rings. The molecule has 1 heterocycles. The lowest BCUT2D eigenvalue weighted by molar-refractivity contribution is 0.101. The molecule has 7 nitrogen and oxygen atoms in total. The van der Waals surface area contributed by atoms with Crippen LogP contribution in [0.25, 0.3) is 0 Å². The Hall–Kier alpha value is -2.41. The quantitative estimate of drug-likeness (QED) is 0.747. The molecule has 0 aliphatic heterocycles. The van der Waals surface area contributed by atoms with Crippen LogP contribution in [0.3, 0.4) is 0 Å². The molecule has 7 heteroatoms. The number of nitrogens with two attached hydrogens (primary N) is 1. The van der Waals surface area contributed by atoms with Crippen molar-refractivity contribution in [1.29, 1.82) is 0 Å². The smallest absolute Gasteiger partial charge is 0.295 e. The molecular weight excluding hydrogens is 270 g/mol. The number of anilines is 1. The van der Waals surface area contributed by atoms with E-state index < -0.39 is 0 Å². The average Bonchev–Trinajstić information content (AvgIpc) is 2.95. The summed E-state index contributed by atoms with van der Waals surface area (Å²) in [5.41, 5.74) is 6.00. The maximum absolute atomic E-state index is 12.1. The Morgan fingerprint density at radius 3 is 2.95 bits per heavy atom. The van der Waals surface area contributed by atoms with E-state index in [1.807, 2.05) is 13.8 Å². The predicted molar refractivity (Wildman–Crippen MR) is 79.4 cm³/mol. The van der Waals surface area contributed by atoms with Crippen LogP contribution in [0, 0.1) is 0 Å². The zero-order valence-electron chi connectivity index (χ0n) is 12.1. The van der Waals surface area contributed by atoms with E-state index >= 15 is 0 Å². The molecule has 0 radical (unpaired) electrons. The molecule has 1 amide bonds. The molecule has 0 aliphatic carbocycles. The largest absolute Gasteiger partial charge is 0.492 e. The molecule has 1 aromatic carbocycles. The number of nitrogens with one attached hydrogen (secondary N) is 2. The maximum Gasteiger partial charge on any atom is 0.295 e. The van der Waals surface area contributed by atoms with Gasteiger partial charge in [-0.2, -0.15) is 0 Å². The van der Waals surface area contributed by atoms with Crippen LogP contribution in [0.5, 0.6) is 5.75 Å². The second kappa shape index (κ2) is 6.85. The van der Waals surface area contributed by atoms with Gasteiger partial charge in [0.05, 0.1) is 0 Å². The van der Waals surface area contributed by atoms with E-state index in [0.29, 0.717) is 30.4 Å². The van der Waals surface area contributed by atoms with Crippen LogP contribution in [0.4, 0.5) is 5.69 Å². The molecule has 4 N–H and O–H groups in total. The summed E-state index contributed by atoms with van der Waals surface area (Å²) < 4.78 is 5.40. The maximum atomic E-state index is 12.1. The minimum Gasteiger partial charge on any atom is -0.492 e. The minimum atomic E-state index is -0.367. The van der Waals surface area contributed by atoms with Gasteiger partial charge in [0.15, 0.2) is 0 Å². The number of amides is 1. The number of benzene rings is 1. The monoisotopic (exact) mass is 289 g/mol. The molecule has 2 aromatic rings. The third-order valence-corrected chi connectivity index (χ3v) is 2.73. The summed E-state index contributed by atoms with van der Waals surface area (Å²) in [4.78, 5) is 16.2. The molecular formula is C14H19N5O2. The highest BCUT2D eigenvalue weighted by molar-refractivity contribution is 6.01. The predicted octanol–water partition coefficient (Wildman–Crippen LogP) is 1.52. The Kier molecular flexibility index (Phi) is 4.89. The van der Waals surface area contributed by atoms with Gasteiger partial charge in [-0.15, -0.1) is 5.10 Å². The lowest BCUT2D eigenvalue weighted by atomic mass is 10.2. The fourth-order valence-corrected chi connectivity index (χ4v) is 1.66. The molecule has 0 fully saturated rings. The normalized spacial score (nSPS) is 10.7. The van der Waals surface area contributed by atoms with Crippen molar-refractivity contribution in [2.24, 2.45) is 5.73 Å². The standard InChI is InChI=1S/C14H19N5O2/c1-9(2)12-17-13(19-18-12)14(20)16-10-4-3-5-11(8-10)21-7-6-15/h3-5,8-9H,6-7,15H2,1-2H3,(H,16,20)(H,17,18,19). The number of aromatic amines is 1. The number of rotatable bonds is 6. The van der Waals surface area contributed by atoms with Crippen molar-refractivity contribution in [3.63, 3.8) is 0 Å². The zero-order valence-corrected chi connectivity index (χ0v) is 12.1. The van der Waals surface area contributed by atoms with Gasteiger partial charge in [-0.05, 0) is 12.1 Å². The molecule has 0 saturated carbocycles. The van der Waals surface area contributed by atoms with Crippen molar-refractivity contribution in [1.82, 2.24) is 15.2 Å². The van der Waals surface area contributed by atoms with Crippen molar-refractivity contribution in [3.05, 3.63) is 35.9 Å². The van der Waals surface area contributed by atoms with Gasteiger partial charge in [-0.3, -0.25) is 9.89 Å². The van der Waals surface area contributed by atoms with Gasteiger partial charge in [-0.1, -0.05) is 19.9 Å². The summed E-state index contributed by atoms with van der Waals surface area (Å²) in [5.74, 6) is 1.27. The van der Waals surface area contributed by atoms with Gasteiger partial charge in [0, 0.05) is 24.2 Å². The first-order valence-electron chi connectivity index (χ1n) is 6.76. The molecule has 1 aromatic heterocycles. The molecule has 112 valence electrons. The molecule has 0 atom stereocenters. The van der Waals surface area contributed by atoms with Gasteiger partial charge < -0.3 is 15.8 Å². The van der Waals surface area contributed by atoms with Crippen molar-refractivity contribution in [2.75, 3.05) is 18.5 Å². The van der Waals surface area contributed by atoms with Crippen molar-refractivity contribution < 1.29 is 9.53 Å². The minimum absolute atomic E-state index is 0.118. The summed E-state index contributed by atoms with van der Waals surface area (Å²) in [5, 5.41) is 9.39. The van der Waals surface area contributed by atoms with Crippen molar-refractivity contribution in [2.45, 2.75) is 19.8 Å². The highest BCUT2D eigenvalue weighted by atomic mass is 16.5. The number of ether oxygens (including phenoxy) is 1. The average molecular weight is 289 g/mol. The summed E-state index contributed by atoms with van der Waals surface area (Å²) in [7, 11) is 0. The number of aromatic nitrogens is 3. The van der Waals surface area contributed by atoms with E-state index in [1.165, 1.54) is 0 Å². The van der Waals surface area contributed by atoms with E-state index in [1.54, 1.807) is 24.3 Å². The number of nitrogens with zero attached hydrogens (tertiary/aromatic N) is 2. The van der Waals surface area contributed by atoms with Gasteiger partial charge in [0.1, 0.15) is 18.2 Å². The van der Waals surface area contributed by atoms with Crippen LogP contribution in [0.15, 0.2) is 24.3 Å². The van der Waals surface area contributed by atoms with Crippen LogP contribution < -0.4 is 15.8 Å². The summed E-state index contributed by atoms with van der Waals surface area (Å²) in [6.45, 7) is 4.81. The number of carbonyl (C=O) groups excluding carboxylic acids is 1. The third-order valence-electron chi connectivity index (χ3n) is 2.73. The van der Waals surface area contributed by atoms with E-state index in [2.05, 4.69) is 20.5 Å². The van der Waals surface area contributed by atoms with Crippen LogP contribution >= 0.6 is 0 Å². The second-order valence-corrected chi connectivity index (χ2v) is 4.82. The summed E-state index contributed by atoms with van der Waals surface area (Å²) in [6, 6.07) is 7.08. The first-order valence-corrected chi connectivity index (χ1v) is 6.76. The van der Waals surface area contributed by atoms with Gasteiger partial charge in [0.2, 0.25) is 5.82 Å². The molecule has 0 saturated heterocycles. The lowest BCUT2D eigenvalue weighted by Crippen LogP contribution is -2.14. The number of hydrogen-bond acceptors (Lipinski definition) is 5. The van der Waals surface area contributed by atoms with E-state index in [-0.39, 0.29) is 17.6 Å².